The molecule has 0 spiro atoms. The van der Waals surface area contributed by atoms with Crippen molar-refractivity contribution in [2.75, 3.05) is 24.6 Å². The minimum atomic E-state index is -0.378. The molecule has 4 aliphatic carbocycles. The SMILES string of the molecule is CCN(CCOC(=O)CCC(=O)O[C@H]1CC[C@@]2(C)C(=CC[C@H]3[C@@H]4CC[C@H]([C@H](C)CCCC(C)C)[C@@]4(C)CC[C@@H]32)C1)c1ccc(N=Nc2ccc(C#N)cc2)cc1. The molecule has 8 atom stereocenters. The number of rotatable bonds is 16. The minimum Gasteiger partial charge on any atom is -0.464 e. The Morgan fingerprint density at radius 3 is 2.27 bits per heavy atom. The van der Waals surface area contributed by atoms with Gasteiger partial charge >= 0.3 is 11.9 Å². The van der Waals surface area contributed by atoms with Crippen LogP contribution in [-0.4, -0.2) is 37.7 Å². The number of likely N-dealkylation sites (N-methyl/N-ethyl adjacent to an activating group) is 1. The maximum absolute atomic E-state index is 12.9. The molecule has 8 nitrogen and oxygen atoms in total. The molecule has 0 aliphatic heterocycles. The van der Waals surface area contributed by atoms with E-state index in [0.29, 0.717) is 28.9 Å². The third-order valence-electron chi connectivity index (χ3n) is 14.6. The van der Waals surface area contributed by atoms with Gasteiger partial charge in [0.15, 0.2) is 0 Å². The predicted molar refractivity (Wildman–Crippen MR) is 223 cm³/mol. The Bertz CT molecular complexity index is 1750. The second kappa shape index (κ2) is 18.5. The van der Waals surface area contributed by atoms with Crippen LogP contribution in [0.2, 0.25) is 0 Å². The van der Waals surface area contributed by atoms with Crippen LogP contribution in [0.3, 0.4) is 0 Å². The summed E-state index contributed by atoms with van der Waals surface area (Å²) in [6, 6.07) is 16.8. The Balaban J connectivity index is 0.917. The van der Waals surface area contributed by atoms with E-state index in [1.807, 2.05) is 24.3 Å². The quantitative estimate of drug-likeness (QED) is 0.0958. The first-order valence-corrected chi connectivity index (χ1v) is 21.7. The summed E-state index contributed by atoms with van der Waals surface area (Å²) in [5, 5.41) is 17.5. The summed E-state index contributed by atoms with van der Waals surface area (Å²) in [5.41, 5.74) is 5.18. The van der Waals surface area contributed by atoms with Crippen LogP contribution in [0.15, 0.2) is 70.4 Å². The fraction of sp³-hybridized carbons (Fsp3) is 0.646. The van der Waals surface area contributed by atoms with Crippen LogP contribution in [0.25, 0.3) is 0 Å². The summed E-state index contributed by atoms with van der Waals surface area (Å²) < 4.78 is 11.5. The van der Waals surface area contributed by atoms with Gasteiger partial charge in [0.05, 0.1) is 42.4 Å². The van der Waals surface area contributed by atoms with Crippen LogP contribution < -0.4 is 4.90 Å². The lowest BCUT2D eigenvalue weighted by Crippen LogP contribution is -2.51. The summed E-state index contributed by atoms with van der Waals surface area (Å²) in [7, 11) is 0. The summed E-state index contributed by atoms with van der Waals surface area (Å²) in [5.74, 6) is 4.18. The van der Waals surface area contributed by atoms with E-state index in [4.69, 9.17) is 14.7 Å². The number of allylic oxidation sites excluding steroid dienone is 1. The Hall–Kier alpha value is -3.99. The number of azo groups is 1. The molecule has 3 fully saturated rings. The van der Waals surface area contributed by atoms with Crippen molar-refractivity contribution in [2.45, 2.75) is 131 Å². The molecule has 0 radical (unpaired) electrons. The monoisotopic (exact) mass is 763 g/mol. The normalized spacial score (nSPS) is 28.8. The van der Waals surface area contributed by atoms with E-state index < -0.39 is 0 Å². The average molecular weight is 763 g/mol. The lowest BCUT2D eigenvalue weighted by atomic mass is 9.47. The molecule has 4 aliphatic rings. The highest BCUT2D eigenvalue weighted by Gasteiger charge is 2.59. The van der Waals surface area contributed by atoms with Crippen molar-refractivity contribution >= 4 is 29.0 Å². The van der Waals surface area contributed by atoms with Crippen LogP contribution in [-0.2, 0) is 19.1 Å². The second-order valence-corrected chi connectivity index (χ2v) is 18.3. The highest BCUT2D eigenvalue weighted by molar-refractivity contribution is 5.77. The van der Waals surface area contributed by atoms with Gasteiger partial charge in [0.2, 0.25) is 0 Å². The lowest BCUT2D eigenvalue weighted by molar-refractivity contribution is -0.155. The van der Waals surface area contributed by atoms with Gasteiger partial charge in [0, 0.05) is 18.7 Å². The maximum atomic E-state index is 12.9. The number of fused-ring (bicyclic) bond motifs is 5. The van der Waals surface area contributed by atoms with E-state index in [1.54, 1.807) is 24.3 Å². The van der Waals surface area contributed by atoms with Gasteiger partial charge in [-0.2, -0.15) is 15.5 Å². The second-order valence-electron chi connectivity index (χ2n) is 18.3. The number of esters is 2. The van der Waals surface area contributed by atoms with Crippen molar-refractivity contribution in [1.29, 1.82) is 5.26 Å². The van der Waals surface area contributed by atoms with Gasteiger partial charge in [-0.1, -0.05) is 65.5 Å². The van der Waals surface area contributed by atoms with Crippen LogP contribution in [0.4, 0.5) is 17.1 Å². The van der Waals surface area contributed by atoms with Crippen molar-refractivity contribution in [3.05, 3.63) is 65.7 Å². The number of ether oxygens (including phenoxy) is 2. The zero-order chi connectivity index (χ0) is 39.9. The Labute approximate surface area is 336 Å². The topological polar surface area (TPSA) is 104 Å². The smallest absolute Gasteiger partial charge is 0.306 e. The molecule has 8 heteroatoms. The van der Waals surface area contributed by atoms with Gasteiger partial charge in [0.25, 0.3) is 0 Å². The molecular weight excluding hydrogens is 697 g/mol. The van der Waals surface area contributed by atoms with Crippen LogP contribution >= 0.6 is 0 Å². The number of benzene rings is 2. The molecule has 0 bridgehead atoms. The number of nitriles is 1. The Morgan fingerprint density at radius 2 is 1.59 bits per heavy atom. The minimum absolute atomic E-state index is 0.0261. The highest BCUT2D eigenvalue weighted by atomic mass is 16.5. The zero-order valence-electron chi connectivity index (χ0n) is 35.0. The third-order valence-corrected chi connectivity index (χ3v) is 14.6. The summed E-state index contributed by atoms with van der Waals surface area (Å²) in [6.07, 6.45) is 16.2. The van der Waals surface area contributed by atoms with Gasteiger partial charge in [-0.25, -0.2) is 0 Å². The first-order valence-electron chi connectivity index (χ1n) is 21.7. The van der Waals surface area contributed by atoms with Gasteiger partial charge in [-0.05, 0) is 147 Å². The lowest BCUT2D eigenvalue weighted by Gasteiger charge is -2.58. The van der Waals surface area contributed by atoms with Crippen LogP contribution in [0.5, 0.6) is 0 Å². The fourth-order valence-corrected chi connectivity index (χ4v) is 11.5. The largest absolute Gasteiger partial charge is 0.464 e. The van der Waals surface area contributed by atoms with Crippen molar-refractivity contribution < 1.29 is 19.1 Å². The average Bonchev–Trinajstić information content (AvgIpc) is 3.56. The zero-order valence-corrected chi connectivity index (χ0v) is 35.0. The maximum Gasteiger partial charge on any atom is 0.306 e. The van der Waals surface area contributed by atoms with Crippen LogP contribution in [0.1, 0.15) is 131 Å². The molecule has 6 rings (SSSR count). The van der Waals surface area contributed by atoms with E-state index in [1.165, 1.54) is 56.9 Å². The molecule has 0 unspecified atom stereocenters. The van der Waals surface area contributed by atoms with Gasteiger partial charge in [0.1, 0.15) is 12.7 Å². The Kier molecular flexibility index (Phi) is 13.8. The van der Waals surface area contributed by atoms with Crippen LogP contribution in [0, 0.1) is 57.7 Å². The Morgan fingerprint density at radius 1 is 0.893 bits per heavy atom. The molecule has 2 aromatic carbocycles. The first kappa shape index (κ1) is 41.6. The van der Waals surface area contributed by atoms with Gasteiger partial charge in [-0.3, -0.25) is 9.59 Å². The van der Waals surface area contributed by atoms with E-state index in [-0.39, 0.29) is 42.9 Å². The molecule has 0 N–H and O–H groups in total. The molecule has 56 heavy (non-hydrogen) atoms. The van der Waals surface area contributed by atoms with E-state index in [0.717, 1.165) is 67.0 Å². The summed E-state index contributed by atoms with van der Waals surface area (Å²) in [4.78, 5) is 27.7. The van der Waals surface area contributed by atoms with E-state index in [2.05, 4.69) is 68.8 Å². The predicted octanol–water partition coefficient (Wildman–Crippen LogP) is 12.1. The standard InChI is InChI=1S/C48H66N4O4/c1-7-52(39-18-16-38(17-19-39)51-50-37-14-11-35(32-49)12-15-37)29-30-55-45(53)23-24-46(54)56-40-25-27-47(5)36(31-40)13-20-41-43-22-21-42(34(4)10-8-9-33(2)3)48(43,6)28-26-44(41)47/h11-19,33-34,40-44H,7-10,20-31H2,1-6H3/t34-,40+,41+,42-,43+,44+,47+,48-/m1/s1. The molecule has 0 heterocycles. The van der Waals surface area contributed by atoms with Crippen molar-refractivity contribution in [2.24, 2.45) is 56.6 Å². The third kappa shape index (κ3) is 9.57. The molecular formula is C48H66N4O4. The van der Waals surface area contributed by atoms with E-state index >= 15 is 0 Å². The van der Waals surface area contributed by atoms with Crippen molar-refractivity contribution in [3.63, 3.8) is 0 Å². The van der Waals surface area contributed by atoms with Gasteiger partial charge < -0.3 is 14.4 Å². The van der Waals surface area contributed by atoms with E-state index in [9.17, 15) is 9.59 Å². The number of carbonyl (C=O) groups excluding carboxylic acids is 2. The number of anilines is 1. The summed E-state index contributed by atoms with van der Waals surface area (Å²) >= 11 is 0. The number of nitrogens with zero attached hydrogens (tertiary/aromatic N) is 4. The number of carbonyl (C=O) groups is 2. The first-order chi connectivity index (χ1) is 26.9. The van der Waals surface area contributed by atoms with Gasteiger partial charge in [-0.15, -0.1) is 0 Å². The van der Waals surface area contributed by atoms with Crippen molar-refractivity contribution in [1.82, 2.24) is 0 Å². The number of hydrogen-bond acceptors (Lipinski definition) is 8. The highest BCUT2D eigenvalue weighted by Crippen LogP contribution is 2.67. The number of hydrogen-bond donors (Lipinski definition) is 0. The molecule has 0 amide bonds. The molecule has 0 aromatic heterocycles. The molecule has 0 saturated heterocycles. The molecule has 3 saturated carbocycles. The molecule has 2 aromatic rings. The summed E-state index contributed by atoms with van der Waals surface area (Å²) in [6.45, 7) is 16.0. The molecule has 302 valence electrons. The fourth-order valence-electron chi connectivity index (χ4n) is 11.5. The van der Waals surface area contributed by atoms with Crippen molar-refractivity contribution in [3.8, 4) is 6.07 Å².